The lowest BCUT2D eigenvalue weighted by molar-refractivity contribution is 0.290. The molecule has 0 bridgehead atoms. The van der Waals surface area contributed by atoms with E-state index < -0.39 is 0 Å². The van der Waals surface area contributed by atoms with Crippen molar-refractivity contribution in [3.63, 3.8) is 0 Å². The second-order valence-electron chi connectivity index (χ2n) is 7.09. The SMILES string of the molecule is CC(C)(C)c1ccc(OCc2n[nH]c(=S)n2/N=C\c2ccccc2Cl)cc1. The minimum atomic E-state index is 0.106. The highest BCUT2D eigenvalue weighted by Gasteiger charge is 2.13. The fourth-order valence-corrected chi connectivity index (χ4v) is 2.82. The summed E-state index contributed by atoms with van der Waals surface area (Å²) in [5, 5.41) is 11.9. The molecule has 0 saturated carbocycles. The van der Waals surface area contributed by atoms with Crippen LogP contribution in [0.25, 0.3) is 0 Å². The van der Waals surface area contributed by atoms with Crippen LogP contribution >= 0.6 is 23.8 Å². The first-order chi connectivity index (χ1) is 12.8. The summed E-state index contributed by atoms with van der Waals surface area (Å²) in [6, 6.07) is 15.5. The zero-order valence-corrected chi connectivity index (χ0v) is 17.0. The minimum Gasteiger partial charge on any atom is -0.486 e. The van der Waals surface area contributed by atoms with Crippen LogP contribution in [-0.4, -0.2) is 21.1 Å². The number of aromatic nitrogens is 3. The van der Waals surface area contributed by atoms with Gasteiger partial charge in [-0.1, -0.05) is 62.7 Å². The van der Waals surface area contributed by atoms with Crippen LogP contribution < -0.4 is 4.74 Å². The summed E-state index contributed by atoms with van der Waals surface area (Å²) in [7, 11) is 0. The average Bonchev–Trinajstić information content (AvgIpc) is 2.99. The monoisotopic (exact) mass is 400 g/mol. The minimum absolute atomic E-state index is 0.106. The maximum absolute atomic E-state index is 6.16. The molecule has 27 heavy (non-hydrogen) atoms. The van der Waals surface area contributed by atoms with Gasteiger partial charge < -0.3 is 4.74 Å². The molecule has 5 nitrogen and oxygen atoms in total. The third kappa shape index (κ3) is 4.84. The first-order valence-electron chi connectivity index (χ1n) is 8.53. The molecule has 1 aromatic heterocycles. The third-order valence-corrected chi connectivity index (χ3v) is 4.63. The summed E-state index contributed by atoms with van der Waals surface area (Å²) >= 11 is 11.4. The number of benzene rings is 2. The van der Waals surface area contributed by atoms with E-state index >= 15 is 0 Å². The third-order valence-electron chi connectivity index (χ3n) is 4.02. The summed E-state index contributed by atoms with van der Waals surface area (Å²) in [6.45, 7) is 6.77. The standard InChI is InChI=1S/C20H21ClN4OS/c1-20(2,3)15-8-10-16(11-9-15)26-13-18-23-24-19(27)25(18)22-12-14-6-4-5-7-17(14)21/h4-12H,13H2,1-3H3,(H,24,27)/b22-12-. The molecular weight excluding hydrogens is 380 g/mol. The van der Waals surface area contributed by atoms with Crippen molar-refractivity contribution in [3.05, 3.63) is 75.3 Å². The Morgan fingerprint density at radius 3 is 2.56 bits per heavy atom. The van der Waals surface area contributed by atoms with Crippen LogP contribution in [-0.2, 0) is 12.0 Å². The van der Waals surface area contributed by atoms with Gasteiger partial charge >= 0.3 is 0 Å². The van der Waals surface area contributed by atoms with Gasteiger partial charge in [0.2, 0.25) is 4.77 Å². The van der Waals surface area contributed by atoms with Crippen molar-refractivity contribution < 1.29 is 4.74 Å². The molecule has 0 unspecified atom stereocenters. The Kier molecular flexibility index (Phi) is 5.77. The fourth-order valence-electron chi connectivity index (χ4n) is 2.44. The number of ether oxygens (including phenoxy) is 1. The molecule has 0 aliphatic rings. The van der Waals surface area contributed by atoms with Crippen LogP contribution in [0.15, 0.2) is 53.6 Å². The number of hydrogen-bond acceptors (Lipinski definition) is 4. The van der Waals surface area contributed by atoms with Crippen LogP contribution in [0.1, 0.15) is 37.7 Å². The number of H-pyrrole nitrogens is 1. The van der Waals surface area contributed by atoms with Crippen LogP contribution in [0.4, 0.5) is 0 Å². The second kappa shape index (κ2) is 8.06. The van der Waals surface area contributed by atoms with Crippen molar-refractivity contribution in [1.82, 2.24) is 14.9 Å². The number of nitrogens with zero attached hydrogens (tertiary/aromatic N) is 3. The molecule has 3 aromatic rings. The predicted octanol–water partition coefficient (Wildman–Crippen LogP) is 5.35. The fraction of sp³-hybridized carbons (Fsp3) is 0.250. The Hall–Kier alpha value is -2.44. The van der Waals surface area contributed by atoms with E-state index in [0.29, 0.717) is 15.6 Å². The Morgan fingerprint density at radius 1 is 1.19 bits per heavy atom. The lowest BCUT2D eigenvalue weighted by Crippen LogP contribution is -2.10. The average molecular weight is 401 g/mol. The van der Waals surface area contributed by atoms with Crippen LogP contribution in [0.3, 0.4) is 0 Å². The van der Waals surface area contributed by atoms with Gasteiger partial charge in [0.1, 0.15) is 12.4 Å². The number of nitrogens with one attached hydrogen (secondary N) is 1. The van der Waals surface area contributed by atoms with Crippen molar-refractivity contribution in [2.75, 3.05) is 0 Å². The summed E-state index contributed by atoms with van der Waals surface area (Å²) in [6.07, 6.45) is 1.65. The van der Waals surface area contributed by atoms with E-state index in [-0.39, 0.29) is 12.0 Å². The van der Waals surface area contributed by atoms with Crippen molar-refractivity contribution in [1.29, 1.82) is 0 Å². The smallest absolute Gasteiger partial charge is 0.216 e. The van der Waals surface area contributed by atoms with E-state index in [9.17, 15) is 0 Å². The van der Waals surface area contributed by atoms with Gasteiger partial charge in [-0.3, -0.25) is 0 Å². The number of rotatable bonds is 5. The Morgan fingerprint density at radius 2 is 1.89 bits per heavy atom. The Labute approximate surface area is 168 Å². The van der Waals surface area contributed by atoms with E-state index in [0.717, 1.165) is 11.3 Å². The van der Waals surface area contributed by atoms with Gasteiger partial charge in [0.25, 0.3) is 0 Å². The summed E-state index contributed by atoms with van der Waals surface area (Å²) in [4.78, 5) is 0. The quantitative estimate of drug-likeness (QED) is 0.463. The van der Waals surface area contributed by atoms with E-state index in [2.05, 4.69) is 48.2 Å². The summed E-state index contributed by atoms with van der Waals surface area (Å²) in [5.41, 5.74) is 2.16. The van der Waals surface area contributed by atoms with Crippen molar-refractivity contribution in [3.8, 4) is 5.75 Å². The van der Waals surface area contributed by atoms with Crippen LogP contribution in [0.5, 0.6) is 5.75 Å². The normalized spacial score (nSPS) is 11.9. The zero-order valence-electron chi connectivity index (χ0n) is 15.4. The van der Waals surface area contributed by atoms with Crippen molar-refractivity contribution >= 4 is 30.0 Å². The molecule has 0 fully saturated rings. The second-order valence-corrected chi connectivity index (χ2v) is 7.88. The molecule has 3 rings (SSSR count). The van der Waals surface area contributed by atoms with E-state index in [1.165, 1.54) is 10.2 Å². The maximum Gasteiger partial charge on any atom is 0.216 e. The molecule has 1 heterocycles. The van der Waals surface area contributed by atoms with Gasteiger partial charge in [-0.2, -0.15) is 14.9 Å². The van der Waals surface area contributed by atoms with Gasteiger partial charge in [-0.25, -0.2) is 5.10 Å². The molecule has 0 saturated heterocycles. The van der Waals surface area contributed by atoms with Gasteiger partial charge in [-0.15, -0.1) is 0 Å². The Balaban J connectivity index is 1.73. The molecule has 0 aliphatic carbocycles. The molecule has 2 aromatic carbocycles. The number of aromatic amines is 1. The molecule has 0 amide bonds. The largest absolute Gasteiger partial charge is 0.486 e. The highest BCUT2D eigenvalue weighted by molar-refractivity contribution is 7.71. The highest BCUT2D eigenvalue weighted by Crippen LogP contribution is 2.24. The summed E-state index contributed by atoms with van der Waals surface area (Å²) in [5.74, 6) is 1.33. The first-order valence-corrected chi connectivity index (χ1v) is 9.32. The predicted molar refractivity (Wildman–Crippen MR) is 111 cm³/mol. The van der Waals surface area contributed by atoms with Crippen molar-refractivity contribution in [2.24, 2.45) is 5.10 Å². The molecule has 0 spiro atoms. The van der Waals surface area contributed by atoms with Crippen molar-refractivity contribution in [2.45, 2.75) is 32.8 Å². The maximum atomic E-state index is 6.16. The zero-order chi connectivity index (χ0) is 19.4. The van der Waals surface area contributed by atoms with Gasteiger partial charge in [0.15, 0.2) is 5.82 Å². The van der Waals surface area contributed by atoms with E-state index in [1.807, 2.05) is 36.4 Å². The van der Waals surface area contributed by atoms with E-state index in [4.69, 9.17) is 28.6 Å². The van der Waals surface area contributed by atoms with Crippen LogP contribution in [0, 0.1) is 4.77 Å². The first kappa shape index (κ1) is 19.3. The molecule has 0 atom stereocenters. The van der Waals surface area contributed by atoms with Gasteiger partial charge in [0.05, 0.1) is 6.21 Å². The molecule has 0 radical (unpaired) electrons. The molecule has 0 aliphatic heterocycles. The molecule has 7 heteroatoms. The number of hydrogen-bond donors (Lipinski definition) is 1. The Bertz CT molecular complexity index is 1000. The molecule has 140 valence electrons. The lowest BCUT2D eigenvalue weighted by Gasteiger charge is -2.19. The molecule has 1 N–H and O–H groups in total. The highest BCUT2D eigenvalue weighted by atomic mass is 35.5. The van der Waals surface area contributed by atoms with Gasteiger partial charge in [-0.05, 0) is 41.4 Å². The van der Waals surface area contributed by atoms with Crippen LogP contribution in [0.2, 0.25) is 5.02 Å². The topological polar surface area (TPSA) is 55.2 Å². The molecular formula is C20H21ClN4OS. The van der Waals surface area contributed by atoms with E-state index in [1.54, 1.807) is 6.21 Å². The number of halogens is 1. The lowest BCUT2D eigenvalue weighted by atomic mass is 9.87. The summed E-state index contributed by atoms with van der Waals surface area (Å²) < 4.78 is 7.76. The van der Waals surface area contributed by atoms with Gasteiger partial charge in [0, 0.05) is 10.6 Å².